The molecular weight excluding hydrogens is 668 g/mol. The fourth-order valence-electron chi connectivity index (χ4n) is 6.83. The molecule has 1 saturated heterocycles. The van der Waals surface area contributed by atoms with Gasteiger partial charge >= 0.3 is 6.03 Å². The van der Waals surface area contributed by atoms with Crippen molar-refractivity contribution in [1.82, 2.24) is 9.62 Å². The summed E-state index contributed by atoms with van der Waals surface area (Å²) in [6.45, 7) is 5.78. The van der Waals surface area contributed by atoms with Crippen LogP contribution >= 0.6 is 11.6 Å². The van der Waals surface area contributed by atoms with Crippen LogP contribution in [-0.2, 0) is 41.9 Å². The Labute approximate surface area is 294 Å². The minimum Gasteiger partial charge on any atom is -0.487 e. The van der Waals surface area contributed by atoms with Crippen LogP contribution in [0.2, 0.25) is 5.02 Å². The minimum atomic E-state index is -3.83. The Morgan fingerprint density at radius 1 is 1.06 bits per heavy atom. The second-order valence-corrected chi connectivity index (χ2v) is 16.1. The molecule has 1 unspecified atom stereocenters. The van der Waals surface area contributed by atoms with Crippen LogP contribution < -0.4 is 14.4 Å². The first kappa shape index (κ1) is 35.7. The highest BCUT2D eigenvalue weighted by molar-refractivity contribution is 7.92. The van der Waals surface area contributed by atoms with E-state index in [1.807, 2.05) is 30.4 Å². The summed E-state index contributed by atoms with van der Waals surface area (Å²) in [5.74, 6) is 0.499. The number of nitrogens with one attached hydrogen (secondary N) is 1. The number of methoxy groups -OCH3 is 2. The third-order valence-corrected chi connectivity index (χ3v) is 12.2. The summed E-state index contributed by atoms with van der Waals surface area (Å²) in [6, 6.07) is 10.5. The molecule has 0 radical (unpaired) electrons. The number of nitrogens with zero attached hydrogens (tertiary/aromatic N) is 3. The molecule has 3 aliphatic heterocycles. The van der Waals surface area contributed by atoms with Gasteiger partial charge in [0.1, 0.15) is 18.0 Å². The van der Waals surface area contributed by atoms with E-state index in [2.05, 4.69) is 14.0 Å². The van der Waals surface area contributed by atoms with Crippen LogP contribution in [0.4, 0.5) is 10.5 Å². The molecular formula is C36H47ClN4O7S. The van der Waals surface area contributed by atoms with Gasteiger partial charge in [-0.1, -0.05) is 29.8 Å². The SMILES string of the molecule is COC1CN(C(=O)NS2(=O)=NC(=O)C(C)(C)OC/C=C/[C@H](OC)[C@@H]3CC[C@H]3CN3CCCCc4cc(Cl)ccc4COc4ccc2cc43)C1. The maximum atomic E-state index is 14.9. The van der Waals surface area contributed by atoms with Gasteiger partial charge in [-0.05, 0) is 99.2 Å². The molecule has 1 saturated carbocycles. The van der Waals surface area contributed by atoms with E-state index in [9.17, 15) is 13.8 Å². The van der Waals surface area contributed by atoms with Gasteiger partial charge in [0.2, 0.25) is 0 Å². The lowest BCUT2D eigenvalue weighted by molar-refractivity contribution is -0.137. The Bertz CT molecular complexity index is 1700. The Balaban J connectivity index is 1.45. The van der Waals surface area contributed by atoms with Crippen molar-refractivity contribution in [1.29, 1.82) is 0 Å². The average molecular weight is 715 g/mol. The van der Waals surface area contributed by atoms with Gasteiger partial charge in [-0.2, -0.15) is 0 Å². The van der Waals surface area contributed by atoms with Crippen molar-refractivity contribution in [3.8, 4) is 5.75 Å². The van der Waals surface area contributed by atoms with Crippen molar-refractivity contribution >= 4 is 39.1 Å². The fraction of sp³-hybridized carbons (Fsp3) is 0.556. The highest BCUT2D eigenvalue weighted by Crippen LogP contribution is 2.42. The number of fused-ring (bicyclic) bond motifs is 3. The lowest BCUT2D eigenvalue weighted by atomic mass is 9.70. The van der Waals surface area contributed by atoms with Gasteiger partial charge in [0, 0.05) is 32.3 Å². The van der Waals surface area contributed by atoms with Crippen LogP contribution in [0.25, 0.3) is 0 Å². The summed E-state index contributed by atoms with van der Waals surface area (Å²) in [4.78, 5) is 31.1. The number of ether oxygens (including phenoxy) is 4. The summed E-state index contributed by atoms with van der Waals surface area (Å²) in [5.41, 5.74) is 1.53. The van der Waals surface area contributed by atoms with E-state index in [0.717, 1.165) is 62.0 Å². The van der Waals surface area contributed by atoms with E-state index in [1.54, 1.807) is 46.3 Å². The molecule has 4 aliphatic rings. The van der Waals surface area contributed by atoms with Crippen molar-refractivity contribution in [3.05, 3.63) is 64.7 Å². The molecule has 0 aromatic heterocycles. The van der Waals surface area contributed by atoms with Crippen LogP contribution in [-0.4, -0.2) is 85.9 Å². The standard InChI is InChI=1S/C36H47ClN4O7S/c1-36(2)34(42)38-49(44,39-35(43)41-21-28(22-41)45-3)29-13-15-33-31(19-29)40(20-25-11-14-30(25)32(46-4)9-7-17-48-36)16-6-5-8-24-18-27(37)12-10-26(24)23-47-33/h7,9-10,12-13,15,18-19,25,28,30,32H,5-6,8,11,14,16-17,20-23H2,1-4H3,(H,38,39,42,43,44)/b9-7+/t25-,30+,32-,49?/m0/s1. The molecule has 1 aliphatic carbocycles. The van der Waals surface area contributed by atoms with Crippen LogP contribution in [0.1, 0.15) is 50.7 Å². The monoisotopic (exact) mass is 714 g/mol. The number of halogens is 1. The first-order valence-corrected chi connectivity index (χ1v) is 18.9. The van der Waals surface area contributed by atoms with E-state index in [1.165, 1.54) is 4.90 Å². The average Bonchev–Trinajstić information content (AvgIpc) is 3.06. The molecule has 49 heavy (non-hydrogen) atoms. The molecule has 2 aromatic carbocycles. The zero-order chi connectivity index (χ0) is 34.8. The number of hydrogen-bond acceptors (Lipinski definition) is 8. The topological polar surface area (TPSA) is 119 Å². The Kier molecular flexibility index (Phi) is 10.9. The fourth-order valence-corrected chi connectivity index (χ4v) is 8.63. The van der Waals surface area contributed by atoms with E-state index in [4.69, 9.17) is 30.5 Å². The third-order valence-electron chi connectivity index (χ3n) is 10.2. The molecule has 3 heterocycles. The first-order valence-electron chi connectivity index (χ1n) is 17.0. The number of likely N-dealkylation sites (tertiary alicyclic amines) is 1. The normalized spacial score (nSPS) is 28.3. The smallest absolute Gasteiger partial charge is 0.330 e. The van der Waals surface area contributed by atoms with Gasteiger partial charge < -0.3 is 28.7 Å². The number of carbonyl (C=O) groups excluding carboxylic acids is 2. The minimum absolute atomic E-state index is 0.0999. The van der Waals surface area contributed by atoms with Gasteiger partial charge in [-0.15, -0.1) is 4.36 Å². The van der Waals surface area contributed by atoms with Crippen molar-refractivity contribution in [2.75, 3.05) is 51.9 Å². The molecule has 2 aromatic rings. The number of rotatable bonds is 3. The number of urea groups is 1. The van der Waals surface area contributed by atoms with E-state index in [0.29, 0.717) is 42.3 Å². The lowest BCUT2D eigenvalue weighted by Crippen LogP contribution is -2.58. The van der Waals surface area contributed by atoms with Crippen LogP contribution in [0.15, 0.2) is 57.8 Å². The first-order chi connectivity index (χ1) is 23.5. The zero-order valence-electron chi connectivity index (χ0n) is 28.7. The molecule has 3 amide bonds. The molecule has 2 fully saturated rings. The summed E-state index contributed by atoms with van der Waals surface area (Å²) in [7, 11) is -0.517. The lowest BCUT2D eigenvalue weighted by Gasteiger charge is -2.43. The maximum absolute atomic E-state index is 14.9. The van der Waals surface area contributed by atoms with Gasteiger partial charge in [-0.3, -0.25) is 4.79 Å². The Morgan fingerprint density at radius 3 is 2.61 bits per heavy atom. The van der Waals surface area contributed by atoms with Crippen molar-refractivity contribution in [2.24, 2.45) is 16.2 Å². The van der Waals surface area contributed by atoms with Crippen LogP contribution in [0, 0.1) is 11.8 Å². The molecule has 6 rings (SSSR count). The van der Waals surface area contributed by atoms with Crippen LogP contribution in [0.5, 0.6) is 5.75 Å². The quantitative estimate of drug-likeness (QED) is 0.398. The van der Waals surface area contributed by atoms with E-state index < -0.39 is 27.5 Å². The highest BCUT2D eigenvalue weighted by atomic mass is 35.5. The number of amides is 3. The highest BCUT2D eigenvalue weighted by Gasteiger charge is 2.39. The summed E-state index contributed by atoms with van der Waals surface area (Å²) in [5, 5.41) is 0.696. The predicted molar refractivity (Wildman–Crippen MR) is 188 cm³/mol. The van der Waals surface area contributed by atoms with Crippen molar-refractivity contribution < 1.29 is 32.7 Å². The third kappa shape index (κ3) is 7.93. The van der Waals surface area contributed by atoms with Crippen molar-refractivity contribution in [3.63, 3.8) is 0 Å². The molecule has 2 bridgehead atoms. The number of benzene rings is 2. The second-order valence-electron chi connectivity index (χ2n) is 13.8. The maximum Gasteiger partial charge on any atom is 0.330 e. The van der Waals surface area contributed by atoms with Crippen molar-refractivity contribution in [2.45, 2.75) is 75.3 Å². The van der Waals surface area contributed by atoms with Gasteiger partial charge in [0.05, 0.1) is 42.5 Å². The zero-order valence-corrected chi connectivity index (χ0v) is 30.3. The molecule has 11 nitrogen and oxygen atoms in total. The molecule has 13 heteroatoms. The summed E-state index contributed by atoms with van der Waals surface area (Å²) >= 11 is 6.37. The predicted octanol–water partition coefficient (Wildman–Crippen LogP) is 5.78. The molecule has 4 atom stereocenters. The number of carbonyl (C=O) groups is 2. The number of aryl methyl sites for hydroxylation is 1. The number of hydrogen-bond donors (Lipinski definition) is 1. The Hall–Kier alpha value is -3.16. The number of anilines is 1. The Morgan fingerprint density at radius 2 is 1.88 bits per heavy atom. The van der Waals surface area contributed by atoms with E-state index >= 15 is 0 Å². The summed E-state index contributed by atoms with van der Waals surface area (Å²) < 4.78 is 45.5. The largest absolute Gasteiger partial charge is 0.487 e. The molecule has 0 spiro atoms. The second kappa shape index (κ2) is 15.0. The van der Waals surface area contributed by atoms with Gasteiger partial charge in [0.15, 0.2) is 9.92 Å². The summed E-state index contributed by atoms with van der Waals surface area (Å²) in [6.07, 6.45) is 8.47. The van der Waals surface area contributed by atoms with Gasteiger partial charge in [-0.25, -0.2) is 13.7 Å². The molecule has 266 valence electrons. The van der Waals surface area contributed by atoms with Gasteiger partial charge in [0.25, 0.3) is 5.91 Å². The van der Waals surface area contributed by atoms with E-state index in [-0.39, 0.29) is 23.7 Å². The molecule has 1 N–H and O–H groups in total. The van der Waals surface area contributed by atoms with Crippen LogP contribution in [0.3, 0.4) is 0 Å².